The number of esters is 1. The lowest BCUT2D eigenvalue weighted by Crippen LogP contribution is -2.47. The van der Waals surface area contributed by atoms with Gasteiger partial charge >= 0.3 is 5.97 Å². The summed E-state index contributed by atoms with van der Waals surface area (Å²) in [5, 5.41) is 3.38. The molecule has 0 aromatic heterocycles. The number of methoxy groups -OCH3 is 1. The number of nitrogens with zero attached hydrogens (tertiary/aromatic N) is 1. The van der Waals surface area contributed by atoms with Crippen molar-refractivity contribution in [1.29, 1.82) is 0 Å². The van der Waals surface area contributed by atoms with Gasteiger partial charge in [-0.2, -0.15) is 0 Å². The molecule has 2 atom stereocenters. The number of hydrogen-bond acceptors (Lipinski definition) is 5. The Morgan fingerprint density at radius 2 is 2.22 bits per heavy atom. The minimum absolute atomic E-state index is 0.120. The van der Waals surface area contributed by atoms with E-state index >= 15 is 0 Å². The van der Waals surface area contributed by atoms with E-state index in [0.29, 0.717) is 18.8 Å². The molecule has 0 radical (unpaired) electrons. The summed E-state index contributed by atoms with van der Waals surface area (Å²) in [7, 11) is 1.75. The van der Waals surface area contributed by atoms with E-state index in [0.717, 1.165) is 26.1 Å². The van der Waals surface area contributed by atoms with Crippen molar-refractivity contribution < 1.29 is 14.3 Å². The minimum atomic E-state index is -0.187. The molecule has 1 heterocycles. The lowest BCUT2D eigenvalue weighted by atomic mass is 10.2. The van der Waals surface area contributed by atoms with Crippen molar-refractivity contribution in [2.75, 3.05) is 33.4 Å². The maximum absolute atomic E-state index is 11.9. The molecule has 1 aliphatic carbocycles. The van der Waals surface area contributed by atoms with Crippen LogP contribution in [0.15, 0.2) is 0 Å². The fourth-order valence-electron chi connectivity index (χ4n) is 2.39. The van der Waals surface area contributed by atoms with E-state index in [2.05, 4.69) is 10.2 Å². The van der Waals surface area contributed by atoms with E-state index in [1.165, 1.54) is 12.8 Å². The summed E-state index contributed by atoms with van der Waals surface area (Å²) < 4.78 is 10.5. The van der Waals surface area contributed by atoms with E-state index in [1.807, 2.05) is 6.92 Å². The van der Waals surface area contributed by atoms with Gasteiger partial charge in [0.15, 0.2) is 0 Å². The van der Waals surface area contributed by atoms with Crippen molar-refractivity contribution in [1.82, 2.24) is 10.2 Å². The third-order valence-corrected chi connectivity index (χ3v) is 3.59. The first kappa shape index (κ1) is 13.8. The zero-order chi connectivity index (χ0) is 13.0. The Balaban J connectivity index is 1.82. The Morgan fingerprint density at radius 3 is 2.78 bits per heavy atom. The number of rotatable bonds is 7. The van der Waals surface area contributed by atoms with E-state index in [4.69, 9.17) is 9.47 Å². The van der Waals surface area contributed by atoms with Crippen molar-refractivity contribution in [2.45, 2.75) is 44.4 Å². The minimum Gasteiger partial charge on any atom is -0.465 e. The molecule has 2 fully saturated rings. The van der Waals surface area contributed by atoms with Crippen LogP contribution in [0.2, 0.25) is 0 Å². The molecule has 104 valence electrons. The maximum Gasteiger partial charge on any atom is 0.324 e. The van der Waals surface area contributed by atoms with Gasteiger partial charge in [-0.05, 0) is 26.2 Å². The van der Waals surface area contributed by atoms with Crippen molar-refractivity contribution in [3.8, 4) is 0 Å². The zero-order valence-corrected chi connectivity index (χ0v) is 11.4. The SMILES string of the molecule is CCOC(=O)C(CN1CCC(OC)C1)NC1CC1. The largest absolute Gasteiger partial charge is 0.465 e. The fourth-order valence-corrected chi connectivity index (χ4v) is 2.39. The molecule has 2 aliphatic rings. The van der Waals surface area contributed by atoms with Crippen molar-refractivity contribution >= 4 is 5.97 Å². The molecule has 0 aromatic carbocycles. The van der Waals surface area contributed by atoms with Gasteiger partial charge in [0.2, 0.25) is 0 Å². The Bertz CT molecular complexity index is 281. The average Bonchev–Trinajstić information content (AvgIpc) is 3.06. The van der Waals surface area contributed by atoms with Crippen LogP contribution in [-0.4, -0.2) is 62.4 Å². The zero-order valence-electron chi connectivity index (χ0n) is 11.4. The van der Waals surface area contributed by atoms with Crippen LogP contribution in [-0.2, 0) is 14.3 Å². The molecule has 5 nitrogen and oxygen atoms in total. The summed E-state index contributed by atoms with van der Waals surface area (Å²) in [6.45, 7) is 4.94. The topological polar surface area (TPSA) is 50.8 Å². The van der Waals surface area contributed by atoms with Gasteiger partial charge in [-0.3, -0.25) is 9.69 Å². The Hall–Kier alpha value is -0.650. The summed E-state index contributed by atoms with van der Waals surface area (Å²) in [6, 6.07) is 0.327. The number of carbonyl (C=O) groups excluding carboxylic acids is 1. The van der Waals surface area contributed by atoms with Gasteiger partial charge in [-0.25, -0.2) is 0 Å². The predicted molar refractivity (Wildman–Crippen MR) is 68.4 cm³/mol. The molecule has 1 saturated heterocycles. The van der Waals surface area contributed by atoms with Crippen molar-refractivity contribution in [2.24, 2.45) is 0 Å². The second kappa shape index (κ2) is 6.50. The van der Waals surface area contributed by atoms with Gasteiger partial charge < -0.3 is 14.8 Å². The van der Waals surface area contributed by atoms with E-state index in [1.54, 1.807) is 7.11 Å². The molecule has 1 aliphatic heterocycles. The Morgan fingerprint density at radius 1 is 1.44 bits per heavy atom. The highest BCUT2D eigenvalue weighted by Gasteiger charge is 2.32. The lowest BCUT2D eigenvalue weighted by molar-refractivity contribution is -0.146. The monoisotopic (exact) mass is 256 g/mol. The van der Waals surface area contributed by atoms with Crippen molar-refractivity contribution in [3.05, 3.63) is 0 Å². The summed E-state index contributed by atoms with van der Waals surface area (Å²) in [5.74, 6) is -0.120. The number of hydrogen-bond donors (Lipinski definition) is 1. The van der Waals surface area contributed by atoms with E-state index in [-0.39, 0.29) is 12.0 Å². The van der Waals surface area contributed by atoms with Crippen LogP contribution in [0.25, 0.3) is 0 Å². The molecule has 0 spiro atoms. The second-order valence-corrected chi connectivity index (χ2v) is 5.15. The molecule has 0 amide bonds. The molecule has 0 aromatic rings. The van der Waals surface area contributed by atoms with Gasteiger partial charge in [-0.1, -0.05) is 0 Å². The molecule has 5 heteroatoms. The highest BCUT2D eigenvalue weighted by atomic mass is 16.5. The van der Waals surface area contributed by atoms with Gasteiger partial charge in [0.05, 0.1) is 12.7 Å². The smallest absolute Gasteiger partial charge is 0.324 e. The summed E-state index contributed by atoms with van der Waals surface area (Å²) in [5.41, 5.74) is 0. The number of likely N-dealkylation sites (tertiary alicyclic amines) is 1. The summed E-state index contributed by atoms with van der Waals surface area (Å²) in [6.07, 6.45) is 3.72. The van der Waals surface area contributed by atoms with Crippen LogP contribution in [0.4, 0.5) is 0 Å². The van der Waals surface area contributed by atoms with Crippen LogP contribution in [0.1, 0.15) is 26.2 Å². The second-order valence-electron chi connectivity index (χ2n) is 5.15. The number of nitrogens with one attached hydrogen (secondary N) is 1. The van der Waals surface area contributed by atoms with Crippen LogP contribution < -0.4 is 5.32 Å². The summed E-state index contributed by atoms with van der Waals surface area (Å²) in [4.78, 5) is 14.2. The highest BCUT2D eigenvalue weighted by Crippen LogP contribution is 2.20. The number of ether oxygens (including phenoxy) is 2. The Labute approximate surface area is 109 Å². The first-order valence-electron chi connectivity index (χ1n) is 6.90. The first-order valence-corrected chi connectivity index (χ1v) is 6.90. The lowest BCUT2D eigenvalue weighted by Gasteiger charge is -2.23. The average molecular weight is 256 g/mol. The molecule has 18 heavy (non-hydrogen) atoms. The molecule has 2 rings (SSSR count). The van der Waals surface area contributed by atoms with Crippen LogP contribution >= 0.6 is 0 Å². The number of carbonyl (C=O) groups is 1. The molecule has 2 unspecified atom stereocenters. The molecular formula is C13H24N2O3. The van der Waals surface area contributed by atoms with E-state index in [9.17, 15) is 4.79 Å². The standard InChI is InChI=1S/C13H24N2O3/c1-3-18-13(16)12(14-10-4-5-10)9-15-7-6-11(8-15)17-2/h10-12,14H,3-9H2,1-2H3. The van der Waals surface area contributed by atoms with Crippen molar-refractivity contribution in [3.63, 3.8) is 0 Å². The molecule has 1 N–H and O–H groups in total. The highest BCUT2D eigenvalue weighted by molar-refractivity contribution is 5.76. The maximum atomic E-state index is 11.9. The fraction of sp³-hybridized carbons (Fsp3) is 0.923. The van der Waals surface area contributed by atoms with Gasteiger partial charge in [-0.15, -0.1) is 0 Å². The normalized spacial score (nSPS) is 26.2. The van der Waals surface area contributed by atoms with Gasteiger partial charge in [0.25, 0.3) is 0 Å². The molecule has 0 bridgehead atoms. The first-order chi connectivity index (χ1) is 8.72. The molecule has 1 saturated carbocycles. The van der Waals surface area contributed by atoms with Crippen LogP contribution in [0, 0.1) is 0 Å². The van der Waals surface area contributed by atoms with E-state index < -0.39 is 0 Å². The summed E-state index contributed by atoms with van der Waals surface area (Å²) >= 11 is 0. The third kappa shape index (κ3) is 3.93. The molecular weight excluding hydrogens is 232 g/mol. The Kier molecular flexibility index (Phi) is 4.97. The predicted octanol–water partition coefficient (Wildman–Crippen LogP) is 0.391. The van der Waals surface area contributed by atoms with Gasteiger partial charge in [0.1, 0.15) is 6.04 Å². The van der Waals surface area contributed by atoms with Crippen LogP contribution in [0.5, 0.6) is 0 Å². The third-order valence-electron chi connectivity index (χ3n) is 3.59. The quantitative estimate of drug-likeness (QED) is 0.668. The van der Waals surface area contributed by atoms with Gasteiger partial charge in [0, 0.05) is 32.8 Å². The van der Waals surface area contributed by atoms with Crippen LogP contribution in [0.3, 0.4) is 0 Å².